The van der Waals surface area contributed by atoms with Crippen LogP contribution in [0.1, 0.15) is 11.9 Å². The molecule has 0 aromatic carbocycles. The van der Waals surface area contributed by atoms with Gasteiger partial charge in [-0.05, 0) is 5.18 Å². The quantitative estimate of drug-likeness (QED) is 0.287. The van der Waals surface area contributed by atoms with Crippen LogP contribution in [0.2, 0.25) is 0 Å². The minimum Gasteiger partial charge on any atom is -0.477 e. The third kappa shape index (κ3) is 3.93. The van der Waals surface area contributed by atoms with E-state index in [9.17, 15) is 24.4 Å². The Bertz CT molecular complexity index is 1120. The molecule has 2 amide bonds. The maximum atomic E-state index is 12.7. The van der Waals surface area contributed by atoms with Crippen LogP contribution in [0.25, 0.3) is 0 Å². The first-order valence-corrected chi connectivity index (χ1v) is 11.7. The number of aromatic nitrogens is 4. The van der Waals surface area contributed by atoms with Gasteiger partial charge in [0.05, 0.1) is 0 Å². The first-order valence-electron chi connectivity index (χ1n) is 8.20. The van der Waals surface area contributed by atoms with E-state index in [0.717, 1.165) is 39.5 Å². The van der Waals surface area contributed by atoms with Gasteiger partial charge in [-0.3, -0.25) is 14.5 Å². The zero-order valence-corrected chi connectivity index (χ0v) is 18.3. The van der Waals surface area contributed by atoms with Crippen LogP contribution < -0.4 is 16.8 Å². The van der Waals surface area contributed by atoms with Crippen molar-refractivity contribution in [2.24, 2.45) is 5.18 Å². The summed E-state index contributed by atoms with van der Waals surface area (Å²) >= 11 is 4.21. The summed E-state index contributed by atoms with van der Waals surface area (Å²) in [6, 6.07) is -2.61. The molecule has 4 heterocycles. The van der Waals surface area contributed by atoms with Crippen LogP contribution in [-0.2, 0) is 14.4 Å². The molecular formula is C13H11N9O5S4. The van der Waals surface area contributed by atoms with Gasteiger partial charge in [-0.1, -0.05) is 23.1 Å². The number of anilines is 2. The van der Waals surface area contributed by atoms with Gasteiger partial charge in [0.15, 0.2) is 15.3 Å². The van der Waals surface area contributed by atoms with Gasteiger partial charge in [-0.15, -0.1) is 26.9 Å². The Morgan fingerprint density at radius 1 is 1.32 bits per heavy atom. The van der Waals surface area contributed by atoms with Crippen molar-refractivity contribution >= 4 is 74.4 Å². The molecule has 3 atom stereocenters. The van der Waals surface area contributed by atoms with Gasteiger partial charge in [-0.25, -0.2) is 9.78 Å². The number of thioether (sulfide) groups is 2. The number of β-lactam (4-membered cyclic amide) rings is 1. The summed E-state index contributed by atoms with van der Waals surface area (Å²) in [4.78, 5) is 53.4. The number of rotatable bonds is 7. The predicted octanol–water partition coefficient (Wildman–Crippen LogP) is -0.150. The van der Waals surface area contributed by atoms with Crippen LogP contribution in [-0.4, -0.2) is 64.5 Å². The maximum Gasteiger partial charge on any atom is 0.353 e. The molecule has 162 valence electrons. The van der Waals surface area contributed by atoms with Crippen LogP contribution >= 0.6 is 46.4 Å². The van der Waals surface area contributed by atoms with E-state index >= 15 is 0 Å². The number of carbonyl (C=O) groups is 3. The summed E-state index contributed by atoms with van der Waals surface area (Å²) in [6.45, 7) is 0. The van der Waals surface area contributed by atoms with Crippen LogP contribution in [0.5, 0.6) is 0 Å². The first-order chi connectivity index (χ1) is 14.8. The second-order valence-electron chi connectivity index (χ2n) is 5.98. The third-order valence-electron chi connectivity index (χ3n) is 4.12. The van der Waals surface area contributed by atoms with E-state index in [2.05, 4.69) is 30.0 Å². The van der Waals surface area contributed by atoms with Crippen LogP contribution in [0, 0.1) is 4.91 Å². The summed E-state index contributed by atoms with van der Waals surface area (Å²) in [6.07, 6.45) is 0. The molecule has 0 spiro atoms. The fraction of sp³-hybridized carbons (Fsp3) is 0.308. The number of hydrogen-bond acceptors (Lipinski definition) is 15. The smallest absolute Gasteiger partial charge is 0.353 e. The number of nitrogens with two attached hydrogens (primary N) is 2. The number of carboxylic acid groups (broad SMARTS) is 1. The molecule has 1 fully saturated rings. The average molecular weight is 502 g/mol. The Labute approximate surface area is 189 Å². The van der Waals surface area contributed by atoms with Crippen LogP contribution in [0.15, 0.2) is 20.1 Å². The van der Waals surface area contributed by atoms with E-state index in [0.29, 0.717) is 9.24 Å². The summed E-state index contributed by atoms with van der Waals surface area (Å²) in [5, 5.41) is 22.0. The lowest BCUT2D eigenvalue weighted by atomic mass is 10.0. The number of carboxylic acids is 1. The predicted molar refractivity (Wildman–Crippen MR) is 113 cm³/mol. The van der Waals surface area contributed by atoms with E-state index in [4.69, 9.17) is 11.5 Å². The van der Waals surface area contributed by atoms with E-state index in [-0.39, 0.29) is 27.5 Å². The van der Waals surface area contributed by atoms with Crippen molar-refractivity contribution in [2.45, 2.75) is 21.8 Å². The molecule has 2 aromatic heterocycles. The fourth-order valence-electron chi connectivity index (χ4n) is 2.84. The highest BCUT2D eigenvalue weighted by Crippen LogP contribution is 2.45. The second kappa shape index (κ2) is 8.36. The van der Waals surface area contributed by atoms with Crippen molar-refractivity contribution in [3.05, 3.63) is 21.3 Å². The van der Waals surface area contributed by atoms with E-state index in [1.54, 1.807) is 0 Å². The molecule has 1 saturated heterocycles. The Morgan fingerprint density at radius 2 is 2.10 bits per heavy atom. The monoisotopic (exact) mass is 501 g/mol. The zero-order valence-electron chi connectivity index (χ0n) is 15.0. The van der Waals surface area contributed by atoms with Crippen LogP contribution in [0.3, 0.4) is 0 Å². The number of nitrogens with zero attached hydrogens (tertiary/aromatic N) is 6. The number of aliphatic carboxylic acids is 1. The number of hydrogen-bond donors (Lipinski definition) is 4. The molecule has 31 heavy (non-hydrogen) atoms. The molecule has 2 unspecified atom stereocenters. The molecule has 6 N–H and O–H groups in total. The van der Waals surface area contributed by atoms with E-state index < -0.39 is 35.2 Å². The second-order valence-corrected chi connectivity index (χ2v) is 10.2. The SMILES string of the molecule is Nc1nc(C(N=O)C(=O)N[C@@H]2C(=O)N3C(C(=O)O)=C(Sc4nnc(N)s4)CSC23)ns1. The number of carbonyl (C=O) groups excluding carboxylic acids is 2. The molecule has 18 heteroatoms. The first kappa shape index (κ1) is 21.4. The van der Waals surface area contributed by atoms with E-state index in [1.807, 2.05) is 0 Å². The lowest BCUT2D eigenvalue weighted by Crippen LogP contribution is -2.70. The van der Waals surface area contributed by atoms with Gasteiger partial charge in [-0.2, -0.15) is 4.37 Å². The summed E-state index contributed by atoms with van der Waals surface area (Å²) in [5.74, 6) is -2.72. The third-order valence-corrected chi connectivity index (χ3v) is 8.03. The molecule has 2 aliphatic rings. The van der Waals surface area contributed by atoms with Crippen LogP contribution in [0.4, 0.5) is 10.3 Å². The number of nitrogens with one attached hydrogen (secondary N) is 1. The molecule has 0 radical (unpaired) electrons. The van der Waals surface area contributed by atoms with Crippen molar-refractivity contribution in [3.63, 3.8) is 0 Å². The largest absolute Gasteiger partial charge is 0.477 e. The lowest BCUT2D eigenvalue weighted by molar-refractivity contribution is -0.150. The Hall–Kier alpha value is -2.83. The highest BCUT2D eigenvalue weighted by molar-refractivity contribution is 8.07. The summed E-state index contributed by atoms with van der Waals surface area (Å²) < 4.78 is 4.23. The highest BCUT2D eigenvalue weighted by Gasteiger charge is 2.55. The minimum absolute atomic E-state index is 0.0589. The molecule has 0 bridgehead atoms. The van der Waals surface area contributed by atoms with Crippen molar-refractivity contribution in [1.29, 1.82) is 0 Å². The van der Waals surface area contributed by atoms with Gasteiger partial charge in [0.2, 0.25) is 11.2 Å². The highest BCUT2D eigenvalue weighted by atomic mass is 32.2. The summed E-state index contributed by atoms with van der Waals surface area (Å²) in [7, 11) is 0. The fourth-order valence-corrected chi connectivity index (χ4v) is 6.58. The molecule has 14 nitrogen and oxygen atoms in total. The van der Waals surface area contributed by atoms with Crippen molar-refractivity contribution < 1.29 is 19.5 Å². The number of nitroso groups, excluding NO2 is 1. The average Bonchev–Trinajstić information content (AvgIpc) is 3.34. The Balaban J connectivity index is 1.51. The topological polar surface area (TPSA) is 220 Å². The maximum absolute atomic E-state index is 12.7. The molecule has 2 aliphatic heterocycles. The molecule has 0 aliphatic carbocycles. The molecular weight excluding hydrogens is 490 g/mol. The minimum atomic E-state index is -1.58. The molecule has 2 aromatic rings. The molecule has 0 saturated carbocycles. The van der Waals surface area contributed by atoms with Gasteiger partial charge in [0.25, 0.3) is 11.8 Å². The van der Waals surface area contributed by atoms with Gasteiger partial charge >= 0.3 is 5.97 Å². The normalized spacial score (nSPS) is 21.3. The Kier molecular flexibility index (Phi) is 5.77. The molecule has 4 rings (SSSR count). The van der Waals surface area contributed by atoms with Crippen molar-refractivity contribution in [2.75, 3.05) is 17.2 Å². The number of fused-ring (bicyclic) bond motifs is 1. The van der Waals surface area contributed by atoms with Gasteiger partial charge in [0.1, 0.15) is 17.1 Å². The van der Waals surface area contributed by atoms with Gasteiger partial charge < -0.3 is 21.9 Å². The Morgan fingerprint density at radius 3 is 2.68 bits per heavy atom. The van der Waals surface area contributed by atoms with Gasteiger partial charge in [0, 0.05) is 22.2 Å². The lowest BCUT2D eigenvalue weighted by Gasteiger charge is -2.49. The van der Waals surface area contributed by atoms with Crippen molar-refractivity contribution in [3.8, 4) is 0 Å². The standard InChI is InChI=1S/C13H11N9O5S4/c14-11-17-6(21-31-11)3(20-27)7(23)16-4-8(24)22-5(10(25)26)2(1-28-9(4)22)29-13-19-18-12(15)30-13/h3-4,9H,1H2,(H2,15,18)(H,16,23)(H,25,26)(H2,14,17,21)/t3?,4-,9?/m1/s1. The number of nitrogen functional groups attached to an aromatic ring is 2. The number of amides is 2. The van der Waals surface area contributed by atoms with E-state index in [1.165, 1.54) is 11.8 Å². The van der Waals surface area contributed by atoms with Crippen molar-refractivity contribution in [1.82, 2.24) is 29.8 Å². The zero-order chi connectivity index (χ0) is 22.3. The summed E-state index contributed by atoms with van der Waals surface area (Å²) in [5.41, 5.74) is 10.8.